The summed E-state index contributed by atoms with van der Waals surface area (Å²) >= 11 is 12.1. The van der Waals surface area contributed by atoms with Crippen LogP contribution in [-0.2, 0) is 17.9 Å². The molecule has 130 valence electrons. The molecule has 0 bridgehead atoms. The lowest BCUT2D eigenvalue weighted by atomic mass is 10.2. The van der Waals surface area contributed by atoms with Crippen LogP contribution in [0.3, 0.4) is 0 Å². The Hall–Kier alpha value is -1.26. The fourth-order valence-electron chi connectivity index (χ4n) is 2.25. The average Bonchev–Trinajstić information content (AvgIpc) is 2.58. The summed E-state index contributed by atoms with van der Waals surface area (Å²) in [4.78, 5) is 0. The van der Waals surface area contributed by atoms with E-state index in [0.29, 0.717) is 16.7 Å². The normalized spacial score (nSPS) is 10.8. The third-order valence-corrected chi connectivity index (χ3v) is 4.12. The quantitative estimate of drug-likeness (QED) is 0.593. The Morgan fingerprint density at radius 3 is 2.67 bits per heavy atom. The van der Waals surface area contributed by atoms with Crippen molar-refractivity contribution in [2.75, 3.05) is 19.8 Å². The molecule has 0 unspecified atom stereocenters. The van der Waals surface area contributed by atoms with E-state index in [1.54, 1.807) is 6.07 Å². The van der Waals surface area contributed by atoms with E-state index in [1.807, 2.05) is 37.3 Å². The molecule has 2 aromatic carbocycles. The number of ether oxygens (including phenoxy) is 2. The van der Waals surface area contributed by atoms with Gasteiger partial charge in [-0.15, -0.1) is 0 Å². The Bertz CT molecular complexity index is 635. The van der Waals surface area contributed by atoms with E-state index < -0.39 is 0 Å². The lowest BCUT2D eigenvalue weighted by molar-refractivity contribution is 0.144. The molecule has 2 aromatic rings. The second-order valence-electron chi connectivity index (χ2n) is 5.36. The van der Waals surface area contributed by atoms with Gasteiger partial charge < -0.3 is 14.8 Å². The monoisotopic (exact) mass is 367 g/mol. The molecule has 0 radical (unpaired) electrons. The molecule has 0 atom stereocenters. The fourth-order valence-corrected chi connectivity index (χ4v) is 2.71. The smallest absolute Gasteiger partial charge is 0.124 e. The first-order chi connectivity index (χ1) is 11.7. The summed E-state index contributed by atoms with van der Waals surface area (Å²) in [5.74, 6) is 0.862. The highest BCUT2D eigenvalue weighted by molar-refractivity contribution is 6.35. The highest BCUT2D eigenvalue weighted by Gasteiger charge is 2.06. The number of hydrogen-bond donors (Lipinski definition) is 1. The first-order valence-corrected chi connectivity index (χ1v) is 8.89. The van der Waals surface area contributed by atoms with Gasteiger partial charge in [-0.3, -0.25) is 0 Å². The van der Waals surface area contributed by atoms with Gasteiger partial charge >= 0.3 is 0 Å². The summed E-state index contributed by atoms with van der Waals surface area (Å²) < 4.78 is 11.3. The van der Waals surface area contributed by atoms with E-state index in [1.165, 1.54) is 0 Å². The third kappa shape index (κ3) is 6.33. The molecule has 2 rings (SSSR count). The minimum atomic E-state index is 0.414. The van der Waals surface area contributed by atoms with Crippen molar-refractivity contribution in [3.63, 3.8) is 0 Å². The maximum Gasteiger partial charge on any atom is 0.124 e. The molecule has 0 amide bonds. The summed E-state index contributed by atoms with van der Waals surface area (Å²) in [6.07, 6.45) is 0.997. The van der Waals surface area contributed by atoms with Crippen LogP contribution in [0.25, 0.3) is 0 Å². The van der Waals surface area contributed by atoms with Crippen LogP contribution in [0.5, 0.6) is 5.75 Å². The molecule has 1 N–H and O–H groups in total. The van der Waals surface area contributed by atoms with Gasteiger partial charge in [0, 0.05) is 40.9 Å². The molecule has 0 aliphatic carbocycles. The number of rotatable bonds is 10. The second kappa shape index (κ2) is 10.6. The van der Waals surface area contributed by atoms with Crippen molar-refractivity contribution in [3.05, 3.63) is 63.6 Å². The lowest BCUT2D eigenvalue weighted by Crippen LogP contribution is -2.17. The maximum absolute atomic E-state index is 6.19. The summed E-state index contributed by atoms with van der Waals surface area (Å²) in [7, 11) is 0. The highest BCUT2D eigenvalue weighted by atomic mass is 35.5. The van der Waals surface area contributed by atoms with Crippen LogP contribution in [0.1, 0.15) is 24.5 Å². The van der Waals surface area contributed by atoms with Crippen LogP contribution in [0.2, 0.25) is 10.0 Å². The fraction of sp³-hybridized carbons (Fsp3) is 0.368. The lowest BCUT2D eigenvalue weighted by Gasteiger charge is -2.13. The minimum Gasteiger partial charge on any atom is -0.489 e. The van der Waals surface area contributed by atoms with Crippen molar-refractivity contribution in [3.8, 4) is 5.75 Å². The molecule has 24 heavy (non-hydrogen) atoms. The van der Waals surface area contributed by atoms with Crippen LogP contribution in [0.4, 0.5) is 0 Å². The maximum atomic E-state index is 6.19. The molecule has 5 heteroatoms. The van der Waals surface area contributed by atoms with E-state index in [9.17, 15) is 0 Å². The number of hydrogen-bond acceptors (Lipinski definition) is 3. The van der Waals surface area contributed by atoms with Crippen molar-refractivity contribution in [1.82, 2.24) is 5.32 Å². The SMILES string of the molecule is CCOCCCNCc1ccccc1OCc1ccc(Cl)cc1Cl. The Balaban J connectivity index is 1.86. The van der Waals surface area contributed by atoms with Gasteiger partial charge in [-0.05, 0) is 38.1 Å². The molecule has 0 aliphatic rings. The largest absolute Gasteiger partial charge is 0.489 e. The van der Waals surface area contributed by atoms with E-state index in [0.717, 1.165) is 49.6 Å². The number of halogens is 2. The van der Waals surface area contributed by atoms with E-state index in [2.05, 4.69) is 11.4 Å². The highest BCUT2D eigenvalue weighted by Crippen LogP contribution is 2.24. The van der Waals surface area contributed by atoms with Gasteiger partial charge in [-0.25, -0.2) is 0 Å². The van der Waals surface area contributed by atoms with Gasteiger partial charge in [0.1, 0.15) is 12.4 Å². The zero-order valence-electron chi connectivity index (χ0n) is 13.9. The van der Waals surface area contributed by atoms with Gasteiger partial charge in [0.15, 0.2) is 0 Å². The zero-order chi connectivity index (χ0) is 17.2. The number of benzene rings is 2. The molecule has 0 aliphatic heterocycles. The van der Waals surface area contributed by atoms with E-state index >= 15 is 0 Å². The van der Waals surface area contributed by atoms with Crippen LogP contribution in [0.15, 0.2) is 42.5 Å². The summed E-state index contributed by atoms with van der Waals surface area (Å²) in [5.41, 5.74) is 2.04. The molecular formula is C19H23Cl2NO2. The Morgan fingerprint density at radius 2 is 1.88 bits per heavy atom. The van der Waals surface area contributed by atoms with Crippen molar-refractivity contribution in [2.45, 2.75) is 26.5 Å². The van der Waals surface area contributed by atoms with Gasteiger partial charge in [0.2, 0.25) is 0 Å². The van der Waals surface area contributed by atoms with Crippen molar-refractivity contribution in [1.29, 1.82) is 0 Å². The minimum absolute atomic E-state index is 0.414. The molecule has 0 heterocycles. The molecule has 0 aromatic heterocycles. The van der Waals surface area contributed by atoms with Crippen LogP contribution >= 0.6 is 23.2 Å². The van der Waals surface area contributed by atoms with Gasteiger partial charge in [-0.2, -0.15) is 0 Å². The Labute approximate surface area is 153 Å². The van der Waals surface area contributed by atoms with E-state index in [-0.39, 0.29) is 0 Å². The van der Waals surface area contributed by atoms with Crippen molar-refractivity contribution >= 4 is 23.2 Å². The predicted octanol–water partition coefficient (Wildman–Crippen LogP) is 5.09. The van der Waals surface area contributed by atoms with Gasteiger partial charge in [0.25, 0.3) is 0 Å². The number of nitrogens with one attached hydrogen (secondary N) is 1. The molecule has 0 fully saturated rings. The molecule has 0 spiro atoms. The van der Waals surface area contributed by atoms with Crippen molar-refractivity contribution < 1.29 is 9.47 Å². The molecule has 0 saturated heterocycles. The third-order valence-electron chi connectivity index (χ3n) is 3.53. The second-order valence-corrected chi connectivity index (χ2v) is 6.20. The predicted molar refractivity (Wildman–Crippen MR) is 100 cm³/mol. The first-order valence-electron chi connectivity index (χ1n) is 8.13. The zero-order valence-corrected chi connectivity index (χ0v) is 15.4. The standard InChI is InChI=1S/C19H23Cl2NO2/c1-2-23-11-5-10-22-13-15-6-3-4-7-19(15)24-14-16-8-9-17(20)12-18(16)21/h3-4,6-9,12,22H,2,5,10-11,13-14H2,1H3. The summed E-state index contributed by atoms with van der Waals surface area (Å²) in [6, 6.07) is 13.5. The van der Waals surface area contributed by atoms with Crippen LogP contribution in [-0.4, -0.2) is 19.8 Å². The van der Waals surface area contributed by atoms with Gasteiger partial charge in [-0.1, -0.05) is 47.5 Å². The van der Waals surface area contributed by atoms with Gasteiger partial charge in [0.05, 0.1) is 0 Å². The van der Waals surface area contributed by atoms with Crippen LogP contribution in [0, 0.1) is 0 Å². The Morgan fingerprint density at radius 1 is 1.04 bits per heavy atom. The topological polar surface area (TPSA) is 30.5 Å². The molecule has 3 nitrogen and oxygen atoms in total. The first kappa shape index (κ1) is 19.1. The Kier molecular flexibility index (Phi) is 8.40. The summed E-state index contributed by atoms with van der Waals surface area (Å²) in [6.45, 7) is 5.65. The molecular weight excluding hydrogens is 345 g/mol. The summed E-state index contributed by atoms with van der Waals surface area (Å²) in [5, 5.41) is 4.66. The van der Waals surface area contributed by atoms with E-state index in [4.69, 9.17) is 32.7 Å². The average molecular weight is 368 g/mol. The number of para-hydroxylation sites is 1. The molecule has 0 saturated carbocycles. The van der Waals surface area contributed by atoms with Crippen molar-refractivity contribution in [2.24, 2.45) is 0 Å². The van der Waals surface area contributed by atoms with Crippen LogP contribution < -0.4 is 10.1 Å².